The SMILES string of the molecule is CN[C@H](C(=O)N1C[C@H](O)C[C@H]1C(=O)NCc1ccc(Cl)cc1)C(C)(C)C. The summed E-state index contributed by atoms with van der Waals surface area (Å²) in [6.45, 7) is 6.42. The molecule has 0 spiro atoms. The number of nitrogens with zero attached hydrogens (tertiary/aromatic N) is 1. The number of aliphatic hydroxyl groups is 1. The quantitative estimate of drug-likeness (QED) is 0.722. The average Bonchev–Trinajstić information content (AvgIpc) is 2.95. The van der Waals surface area contributed by atoms with Gasteiger partial charge in [-0.3, -0.25) is 9.59 Å². The molecule has 1 saturated heterocycles. The van der Waals surface area contributed by atoms with Crippen molar-refractivity contribution in [1.29, 1.82) is 0 Å². The van der Waals surface area contributed by atoms with Crippen LogP contribution in [0.1, 0.15) is 32.8 Å². The zero-order valence-electron chi connectivity index (χ0n) is 15.8. The molecular formula is C19H28ClN3O3. The van der Waals surface area contributed by atoms with Gasteiger partial charge in [-0.15, -0.1) is 0 Å². The maximum atomic E-state index is 13.0. The van der Waals surface area contributed by atoms with Crippen LogP contribution in [0.25, 0.3) is 0 Å². The van der Waals surface area contributed by atoms with Crippen molar-refractivity contribution >= 4 is 23.4 Å². The van der Waals surface area contributed by atoms with E-state index in [1.807, 2.05) is 32.9 Å². The number of carbonyl (C=O) groups excluding carboxylic acids is 2. The first kappa shape index (κ1) is 20.7. The summed E-state index contributed by atoms with van der Waals surface area (Å²) < 4.78 is 0. The van der Waals surface area contributed by atoms with Gasteiger partial charge in [0, 0.05) is 24.5 Å². The van der Waals surface area contributed by atoms with E-state index in [9.17, 15) is 14.7 Å². The van der Waals surface area contributed by atoms with Crippen molar-refractivity contribution in [1.82, 2.24) is 15.5 Å². The Bertz CT molecular complexity index is 642. The Morgan fingerprint density at radius 1 is 1.31 bits per heavy atom. The number of hydrogen-bond donors (Lipinski definition) is 3. The molecule has 6 nitrogen and oxygen atoms in total. The Hall–Kier alpha value is -1.63. The van der Waals surface area contributed by atoms with Gasteiger partial charge in [-0.1, -0.05) is 44.5 Å². The van der Waals surface area contributed by atoms with Crippen LogP contribution in [0.5, 0.6) is 0 Å². The Labute approximate surface area is 159 Å². The highest BCUT2D eigenvalue weighted by Crippen LogP contribution is 2.26. The lowest BCUT2D eigenvalue weighted by molar-refractivity contribution is -0.142. The van der Waals surface area contributed by atoms with Crippen molar-refractivity contribution in [2.45, 2.75) is 51.9 Å². The van der Waals surface area contributed by atoms with Gasteiger partial charge in [0.25, 0.3) is 0 Å². The predicted octanol–water partition coefficient (Wildman–Crippen LogP) is 1.55. The van der Waals surface area contributed by atoms with Gasteiger partial charge in [0.2, 0.25) is 11.8 Å². The number of β-amino-alcohol motifs (C(OH)–C–C–N with tert-alkyl or cyclic N) is 1. The Morgan fingerprint density at radius 3 is 2.46 bits per heavy atom. The highest BCUT2D eigenvalue weighted by atomic mass is 35.5. The highest BCUT2D eigenvalue weighted by Gasteiger charge is 2.43. The minimum Gasteiger partial charge on any atom is -0.391 e. The van der Waals surface area contributed by atoms with Crippen molar-refractivity contribution in [3.05, 3.63) is 34.9 Å². The second kappa shape index (κ2) is 8.37. The third-order valence-electron chi connectivity index (χ3n) is 4.65. The molecule has 1 aliphatic heterocycles. The summed E-state index contributed by atoms with van der Waals surface area (Å²) in [5.74, 6) is -0.420. The number of amides is 2. The Balaban J connectivity index is 2.06. The zero-order chi connectivity index (χ0) is 19.5. The van der Waals surface area contributed by atoms with Crippen LogP contribution < -0.4 is 10.6 Å². The third-order valence-corrected chi connectivity index (χ3v) is 4.90. The first-order chi connectivity index (χ1) is 12.1. The molecule has 1 fully saturated rings. The number of nitrogens with one attached hydrogen (secondary N) is 2. The summed E-state index contributed by atoms with van der Waals surface area (Å²) in [6.07, 6.45) is -0.443. The molecule has 1 aromatic carbocycles. The fraction of sp³-hybridized carbons (Fsp3) is 0.579. The van der Waals surface area contributed by atoms with E-state index in [1.165, 1.54) is 4.90 Å². The van der Waals surface area contributed by atoms with Crippen LogP contribution in [0.15, 0.2) is 24.3 Å². The molecule has 0 unspecified atom stereocenters. The molecule has 3 atom stereocenters. The predicted molar refractivity (Wildman–Crippen MR) is 102 cm³/mol. The molecule has 1 aliphatic rings. The maximum absolute atomic E-state index is 13.0. The summed E-state index contributed by atoms with van der Waals surface area (Å²) >= 11 is 5.86. The summed E-state index contributed by atoms with van der Waals surface area (Å²) in [4.78, 5) is 27.1. The lowest BCUT2D eigenvalue weighted by Gasteiger charge is -2.34. The summed E-state index contributed by atoms with van der Waals surface area (Å²) in [5.41, 5.74) is 0.617. The van der Waals surface area contributed by atoms with E-state index >= 15 is 0 Å². The van der Waals surface area contributed by atoms with E-state index in [1.54, 1.807) is 19.2 Å². The molecule has 1 heterocycles. The van der Waals surface area contributed by atoms with E-state index in [0.29, 0.717) is 11.6 Å². The topological polar surface area (TPSA) is 81.7 Å². The van der Waals surface area contributed by atoms with Gasteiger partial charge < -0.3 is 20.6 Å². The first-order valence-electron chi connectivity index (χ1n) is 8.81. The standard InChI is InChI=1S/C19H28ClN3O3/c1-19(2,3)16(21-4)18(26)23-11-14(24)9-15(23)17(25)22-10-12-5-7-13(20)8-6-12/h5-8,14-16,21,24H,9-11H2,1-4H3,(H,22,25)/t14-,15+,16-/m1/s1. The number of carbonyl (C=O) groups is 2. The van der Waals surface area contributed by atoms with Crippen LogP contribution in [-0.4, -0.2) is 53.6 Å². The van der Waals surface area contributed by atoms with Crippen LogP contribution >= 0.6 is 11.6 Å². The molecule has 3 N–H and O–H groups in total. The lowest BCUT2D eigenvalue weighted by Crippen LogP contribution is -2.55. The van der Waals surface area contributed by atoms with Crippen LogP contribution in [0.2, 0.25) is 5.02 Å². The molecule has 0 aliphatic carbocycles. The van der Waals surface area contributed by atoms with Crippen molar-refractivity contribution < 1.29 is 14.7 Å². The summed E-state index contributed by atoms with van der Waals surface area (Å²) in [6, 6.07) is 6.11. The van der Waals surface area contributed by atoms with Gasteiger partial charge in [-0.2, -0.15) is 0 Å². The maximum Gasteiger partial charge on any atom is 0.243 e. The molecule has 0 bridgehead atoms. The van der Waals surface area contributed by atoms with Gasteiger partial charge in [0.1, 0.15) is 6.04 Å². The molecule has 2 amide bonds. The molecular weight excluding hydrogens is 354 g/mol. The van der Waals surface area contributed by atoms with Crippen LogP contribution in [0.4, 0.5) is 0 Å². The second-order valence-electron chi connectivity index (χ2n) is 7.83. The molecule has 144 valence electrons. The number of likely N-dealkylation sites (tertiary alicyclic amines) is 1. The Morgan fingerprint density at radius 2 is 1.92 bits per heavy atom. The number of likely N-dealkylation sites (N-methyl/N-ethyl adjacent to an activating group) is 1. The summed E-state index contributed by atoms with van der Waals surface area (Å²) in [7, 11) is 1.73. The molecule has 7 heteroatoms. The molecule has 1 aromatic rings. The molecule has 0 aromatic heterocycles. The normalized spacial score (nSPS) is 21.5. The molecule has 0 saturated carbocycles. The molecule has 0 radical (unpaired) electrons. The van der Waals surface area contributed by atoms with Crippen LogP contribution in [0, 0.1) is 5.41 Å². The van der Waals surface area contributed by atoms with Gasteiger partial charge in [-0.25, -0.2) is 0 Å². The first-order valence-corrected chi connectivity index (χ1v) is 9.19. The minimum atomic E-state index is -0.692. The smallest absolute Gasteiger partial charge is 0.243 e. The number of benzene rings is 1. The molecule has 26 heavy (non-hydrogen) atoms. The summed E-state index contributed by atoms with van der Waals surface area (Å²) in [5, 5.41) is 16.6. The van der Waals surface area contributed by atoms with Crippen molar-refractivity contribution in [2.75, 3.05) is 13.6 Å². The molecule has 2 rings (SSSR count). The van der Waals surface area contributed by atoms with Crippen molar-refractivity contribution in [3.63, 3.8) is 0 Å². The second-order valence-corrected chi connectivity index (χ2v) is 8.26. The highest BCUT2D eigenvalue weighted by molar-refractivity contribution is 6.30. The third kappa shape index (κ3) is 4.96. The van der Waals surface area contributed by atoms with E-state index in [4.69, 9.17) is 11.6 Å². The number of aliphatic hydroxyl groups excluding tert-OH is 1. The fourth-order valence-electron chi connectivity index (χ4n) is 3.31. The van der Waals surface area contributed by atoms with Crippen LogP contribution in [-0.2, 0) is 16.1 Å². The van der Waals surface area contributed by atoms with E-state index in [0.717, 1.165) is 5.56 Å². The van der Waals surface area contributed by atoms with Crippen LogP contribution in [0.3, 0.4) is 0 Å². The minimum absolute atomic E-state index is 0.164. The van der Waals surface area contributed by atoms with Gasteiger partial charge >= 0.3 is 0 Å². The number of halogens is 1. The lowest BCUT2D eigenvalue weighted by atomic mass is 9.86. The van der Waals surface area contributed by atoms with Gasteiger partial charge in [0.05, 0.1) is 12.1 Å². The average molecular weight is 382 g/mol. The van der Waals surface area contributed by atoms with Gasteiger partial charge in [-0.05, 0) is 30.2 Å². The van der Waals surface area contributed by atoms with Crippen molar-refractivity contribution in [2.24, 2.45) is 5.41 Å². The fourth-order valence-corrected chi connectivity index (χ4v) is 3.43. The van der Waals surface area contributed by atoms with E-state index in [2.05, 4.69) is 10.6 Å². The van der Waals surface area contributed by atoms with Gasteiger partial charge in [0.15, 0.2) is 0 Å². The number of rotatable bonds is 5. The van der Waals surface area contributed by atoms with Crippen molar-refractivity contribution in [3.8, 4) is 0 Å². The Kier molecular flexibility index (Phi) is 6.66. The monoisotopic (exact) mass is 381 g/mol. The number of hydrogen-bond acceptors (Lipinski definition) is 4. The largest absolute Gasteiger partial charge is 0.391 e. The zero-order valence-corrected chi connectivity index (χ0v) is 16.5. The van der Waals surface area contributed by atoms with E-state index < -0.39 is 18.2 Å². The van der Waals surface area contributed by atoms with E-state index in [-0.39, 0.29) is 30.2 Å².